The fraction of sp³-hybridized carbons (Fsp3) is 0.348. The Balaban J connectivity index is 1.74. The van der Waals surface area contributed by atoms with Crippen molar-refractivity contribution in [3.05, 3.63) is 66.2 Å². The van der Waals surface area contributed by atoms with Gasteiger partial charge in [0, 0.05) is 25.5 Å². The third kappa shape index (κ3) is 4.73. The predicted octanol–water partition coefficient (Wildman–Crippen LogP) is 4.30. The van der Waals surface area contributed by atoms with Crippen LogP contribution >= 0.6 is 0 Å². The van der Waals surface area contributed by atoms with Crippen molar-refractivity contribution in [3.63, 3.8) is 0 Å². The molecule has 3 aromatic rings. The molecule has 28 heavy (non-hydrogen) atoms. The van der Waals surface area contributed by atoms with Gasteiger partial charge in [-0.15, -0.1) is 0 Å². The average Bonchev–Trinajstić information content (AvgIpc) is 3.12. The molecular formula is C23H29N3O2. The molecule has 2 aromatic carbocycles. The number of rotatable bonds is 9. The molecule has 0 aliphatic heterocycles. The number of hydrogen-bond acceptors (Lipinski definition) is 4. The van der Waals surface area contributed by atoms with E-state index >= 15 is 0 Å². The summed E-state index contributed by atoms with van der Waals surface area (Å²) in [6.45, 7) is 6.92. The number of imidazole rings is 1. The monoisotopic (exact) mass is 379 g/mol. The van der Waals surface area contributed by atoms with Crippen molar-refractivity contribution >= 4 is 0 Å². The third-order valence-corrected chi connectivity index (χ3v) is 4.93. The molecular weight excluding hydrogens is 350 g/mol. The lowest BCUT2D eigenvalue weighted by molar-refractivity contribution is 0.354. The highest BCUT2D eigenvalue weighted by Gasteiger charge is 2.13. The summed E-state index contributed by atoms with van der Waals surface area (Å²) in [7, 11) is 3.34. The molecule has 0 saturated carbocycles. The lowest BCUT2D eigenvalue weighted by atomic mass is 9.98. The third-order valence-electron chi connectivity index (χ3n) is 4.93. The zero-order chi connectivity index (χ0) is 19.9. The molecule has 0 saturated heterocycles. The van der Waals surface area contributed by atoms with Crippen LogP contribution in [0.15, 0.2) is 54.9 Å². The number of nitrogens with zero attached hydrogens (tertiary/aromatic N) is 2. The molecule has 0 aliphatic carbocycles. The Labute approximate surface area is 167 Å². The Morgan fingerprint density at radius 2 is 1.79 bits per heavy atom. The maximum absolute atomic E-state index is 5.52. The molecule has 1 atom stereocenters. The molecule has 0 amide bonds. The minimum absolute atomic E-state index is 0.494. The van der Waals surface area contributed by atoms with E-state index < -0.39 is 0 Å². The smallest absolute Gasteiger partial charge is 0.161 e. The van der Waals surface area contributed by atoms with E-state index in [0.29, 0.717) is 5.92 Å². The minimum atomic E-state index is 0.494. The Morgan fingerprint density at radius 1 is 1.07 bits per heavy atom. The summed E-state index contributed by atoms with van der Waals surface area (Å²) in [4.78, 5) is 4.29. The van der Waals surface area contributed by atoms with Gasteiger partial charge in [-0.25, -0.2) is 4.98 Å². The number of hydrogen-bond donors (Lipinski definition) is 1. The van der Waals surface area contributed by atoms with Crippen LogP contribution in [0.5, 0.6) is 11.5 Å². The molecule has 0 bridgehead atoms. The first-order chi connectivity index (χ1) is 13.6. The van der Waals surface area contributed by atoms with Crippen molar-refractivity contribution in [2.45, 2.75) is 26.9 Å². The van der Waals surface area contributed by atoms with Crippen molar-refractivity contribution < 1.29 is 9.47 Å². The van der Waals surface area contributed by atoms with Crippen molar-refractivity contribution in [1.29, 1.82) is 0 Å². The van der Waals surface area contributed by atoms with Gasteiger partial charge in [0.1, 0.15) is 5.82 Å². The van der Waals surface area contributed by atoms with Crippen molar-refractivity contribution in [2.75, 3.05) is 20.8 Å². The van der Waals surface area contributed by atoms with E-state index in [-0.39, 0.29) is 0 Å². The van der Waals surface area contributed by atoms with Gasteiger partial charge in [-0.2, -0.15) is 0 Å². The lowest BCUT2D eigenvalue weighted by Crippen LogP contribution is -2.24. The van der Waals surface area contributed by atoms with Crippen molar-refractivity contribution in [1.82, 2.24) is 14.9 Å². The maximum atomic E-state index is 5.52. The normalized spacial score (nSPS) is 12.0. The lowest BCUT2D eigenvalue weighted by Gasteiger charge is -2.18. The molecule has 0 fully saturated rings. The fourth-order valence-corrected chi connectivity index (χ4v) is 3.40. The summed E-state index contributed by atoms with van der Waals surface area (Å²) in [5, 5.41) is 3.60. The van der Waals surface area contributed by atoms with Gasteiger partial charge in [-0.05, 0) is 48.2 Å². The van der Waals surface area contributed by atoms with Crippen LogP contribution in [0.4, 0.5) is 0 Å². The van der Waals surface area contributed by atoms with E-state index in [0.717, 1.165) is 42.5 Å². The summed E-state index contributed by atoms with van der Waals surface area (Å²) in [6.07, 6.45) is 3.89. The number of aryl methyl sites for hydroxylation is 1. The van der Waals surface area contributed by atoms with Crippen LogP contribution in [-0.4, -0.2) is 30.3 Å². The van der Waals surface area contributed by atoms with Gasteiger partial charge in [0.05, 0.1) is 14.2 Å². The fourth-order valence-electron chi connectivity index (χ4n) is 3.40. The Hall–Kier alpha value is -2.79. The minimum Gasteiger partial charge on any atom is -0.493 e. The Morgan fingerprint density at radius 3 is 2.43 bits per heavy atom. The molecule has 3 rings (SSSR count). The second-order valence-electron chi connectivity index (χ2n) is 7.09. The van der Waals surface area contributed by atoms with Crippen LogP contribution in [0.2, 0.25) is 0 Å². The first-order valence-corrected chi connectivity index (χ1v) is 9.61. The summed E-state index contributed by atoms with van der Waals surface area (Å²) >= 11 is 0. The predicted molar refractivity (Wildman–Crippen MR) is 113 cm³/mol. The van der Waals surface area contributed by atoms with Gasteiger partial charge in [-0.1, -0.05) is 37.3 Å². The van der Waals surface area contributed by atoms with Gasteiger partial charge >= 0.3 is 0 Å². The summed E-state index contributed by atoms with van der Waals surface area (Å²) < 4.78 is 13.2. The standard InChI is InChI=1S/C23H29N3O2/c1-17(16-26-11-10-25-18(26)2)14-24-15-20-12-22(27-3)23(28-4)13-21(20)19-8-6-5-7-9-19/h5-13,17,24H,14-16H2,1-4H3. The van der Waals surface area contributed by atoms with Crippen LogP contribution in [0.25, 0.3) is 11.1 Å². The number of methoxy groups -OCH3 is 2. The van der Waals surface area contributed by atoms with Gasteiger partial charge in [0.15, 0.2) is 11.5 Å². The van der Waals surface area contributed by atoms with Crippen LogP contribution in [-0.2, 0) is 13.1 Å². The van der Waals surface area contributed by atoms with Crippen LogP contribution in [0, 0.1) is 12.8 Å². The van der Waals surface area contributed by atoms with Crippen LogP contribution in [0.3, 0.4) is 0 Å². The first kappa shape index (κ1) is 20.0. The highest BCUT2D eigenvalue weighted by molar-refractivity contribution is 5.71. The number of aromatic nitrogens is 2. The average molecular weight is 380 g/mol. The summed E-state index contributed by atoms with van der Waals surface area (Å²) in [5.41, 5.74) is 3.51. The number of ether oxygens (including phenoxy) is 2. The quantitative estimate of drug-likeness (QED) is 0.602. The molecule has 1 unspecified atom stereocenters. The van der Waals surface area contributed by atoms with E-state index in [9.17, 15) is 0 Å². The van der Waals surface area contributed by atoms with Crippen molar-refractivity contribution in [2.24, 2.45) is 5.92 Å². The highest BCUT2D eigenvalue weighted by atomic mass is 16.5. The second kappa shape index (κ2) is 9.42. The molecule has 1 aromatic heterocycles. The molecule has 0 radical (unpaired) electrons. The number of nitrogens with one attached hydrogen (secondary N) is 1. The topological polar surface area (TPSA) is 48.3 Å². The molecule has 5 heteroatoms. The molecule has 0 aliphatic rings. The van der Waals surface area contributed by atoms with Crippen LogP contribution < -0.4 is 14.8 Å². The highest BCUT2D eigenvalue weighted by Crippen LogP contribution is 2.35. The van der Waals surface area contributed by atoms with Crippen molar-refractivity contribution in [3.8, 4) is 22.6 Å². The van der Waals surface area contributed by atoms with E-state index in [2.05, 4.69) is 58.2 Å². The summed E-state index contributed by atoms with van der Waals surface area (Å²) in [6, 6.07) is 14.5. The summed E-state index contributed by atoms with van der Waals surface area (Å²) in [5.74, 6) is 3.04. The molecule has 1 heterocycles. The first-order valence-electron chi connectivity index (χ1n) is 9.61. The maximum Gasteiger partial charge on any atom is 0.161 e. The molecule has 1 N–H and O–H groups in total. The largest absolute Gasteiger partial charge is 0.493 e. The second-order valence-corrected chi connectivity index (χ2v) is 7.09. The number of benzene rings is 2. The van der Waals surface area contributed by atoms with E-state index in [4.69, 9.17) is 9.47 Å². The molecule has 0 spiro atoms. The van der Waals surface area contributed by atoms with E-state index in [1.807, 2.05) is 25.4 Å². The van der Waals surface area contributed by atoms with Gasteiger partial charge < -0.3 is 19.4 Å². The van der Waals surface area contributed by atoms with Gasteiger partial charge in [0.2, 0.25) is 0 Å². The Bertz CT molecular complexity index is 890. The SMILES string of the molecule is COc1cc(CNCC(C)Cn2ccnc2C)c(-c2ccccc2)cc1OC. The van der Waals surface area contributed by atoms with Crippen LogP contribution in [0.1, 0.15) is 18.3 Å². The van der Waals surface area contributed by atoms with Gasteiger partial charge in [0.25, 0.3) is 0 Å². The zero-order valence-corrected chi connectivity index (χ0v) is 17.1. The zero-order valence-electron chi connectivity index (χ0n) is 17.1. The Kier molecular flexibility index (Phi) is 6.71. The molecule has 148 valence electrons. The van der Waals surface area contributed by atoms with E-state index in [1.165, 1.54) is 11.1 Å². The van der Waals surface area contributed by atoms with E-state index in [1.54, 1.807) is 14.2 Å². The van der Waals surface area contributed by atoms with Gasteiger partial charge in [-0.3, -0.25) is 0 Å². The molecule has 5 nitrogen and oxygen atoms in total.